The molecule has 1 aromatic heterocycles. The van der Waals surface area contributed by atoms with Crippen LogP contribution in [-0.4, -0.2) is 24.7 Å². The second-order valence-electron chi connectivity index (χ2n) is 3.85. The molecule has 1 aromatic rings. The maximum atomic E-state index is 5.70. The molecule has 0 fully saturated rings. The molecule has 16 heavy (non-hydrogen) atoms. The lowest BCUT2D eigenvalue weighted by Crippen LogP contribution is -2.21. The van der Waals surface area contributed by atoms with Crippen LogP contribution in [0.3, 0.4) is 0 Å². The van der Waals surface area contributed by atoms with Gasteiger partial charge >= 0.3 is 0 Å². The van der Waals surface area contributed by atoms with E-state index in [1.165, 1.54) is 0 Å². The Morgan fingerprint density at radius 2 is 2.06 bits per heavy atom. The summed E-state index contributed by atoms with van der Waals surface area (Å²) in [5, 5.41) is 3.31. The molecule has 90 valence electrons. The Balaban J connectivity index is 2.41. The molecule has 0 unspecified atom stereocenters. The summed E-state index contributed by atoms with van der Waals surface area (Å²) in [4.78, 5) is 4.46. The van der Waals surface area contributed by atoms with Crippen LogP contribution < -0.4 is 10.1 Å². The maximum Gasteiger partial charge on any atom is 0.140 e. The third-order valence-electron chi connectivity index (χ3n) is 2.37. The van der Waals surface area contributed by atoms with E-state index in [1.54, 1.807) is 0 Å². The van der Waals surface area contributed by atoms with Crippen LogP contribution in [0.25, 0.3) is 0 Å². The minimum atomic E-state index is 0.706. The number of pyridine rings is 1. The van der Waals surface area contributed by atoms with Gasteiger partial charge in [0.2, 0.25) is 0 Å². The smallest absolute Gasteiger partial charge is 0.140 e. The molecule has 1 rings (SSSR count). The minimum Gasteiger partial charge on any atom is -0.490 e. The fourth-order valence-electron chi connectivity index (χ4n) is 1.52. The van der Waals surface area contributed by atoms with Gasteiger partial charge in [-0.05, 0) is 38.4 Å². The number of hydrogen-bond acceptors (Lipinski definition) is 3. The van der Waals surface area contributed by atoms with Crippen molar-refractivity contribution in [2.75, 3.05) is 19.7 Å². The summed E-state index contributed by atoms with van der Waals surface area (Å²) in [5.74, 6) is 0.923. The van der Waals surface area contributed by atoms with Gasteiger partial charge in [0.25, 0.3) is 0 Å². The van der Waals surface area contributed by atoms with Crippen molar-refractivity contribution in [3.05, 3.63) is 23.5 Å². The molecule has 0 spiro atoms. The van der Waals surface area contributed by atoms with E-state index < -0.39 is 0 Å². The molecule has 0 aromatic carbocycles. The quantitative estimate of drug-likeness (QED) is 0.719. The van der Waals surface area contributed by atoms with Gasteiger partial charge in [-0.25, -0.2) is 0 Å². The van der Waals surface area contributed by atoms with E-state index in [9.17, 15) is 0 Å². The Morgan fingerprint density at radius 3 is 2.75 bits per heavy atom. The molecular weight excluding hydrogens is 200 g/mol. The largest absolute Gasteiger partial charge is 0.490 e. The number of hydrogen-bond donors (Lipinski definition) is 1. The zero-order chi connectivity index (χ0) is 11.8. The Hall–Kier alpha value is -1.09. The van der Waals surface area contributed by atoms with E-state index in [0.717, 1.165) is 43.1 Å². The van der Waals surface area contributed by atoms with Crippen LogP contribution in [-0.2, 0) is 6.42 Å². The normalized spacial score (nSPS) is 10.4. The molecule has 0 aliphatic heterocycles. The van der Waals surface area contributed by atoms with Crippen molar-refractivity contribution in [3.8, 4) is 5.75 Å². The van der Waals surface area contributed by atoms with Gasteiger partial charge in [-0.3, -0.25) is 4.98 Å². The highest BCUT2D eigenvalue weighted by molar-refractivity contribution is 5.29. The Morgan fingerprint density at radius 1 is 1.25 bits per heavy atom. The number of aryl methyl sites for hydroxylation is 2. The van der Waals surface area contributed by atoms with Gasteiger partial charge in [-0.1, -0.05) is 13.8 Å². The van der Waals surface area contributed by atoms with Gasteiger partial charge in [-0.15, -0.1) is 0 Å². The molecule has 1 N–H and O–H groups in total. The summed E-state index contributed by atoms with van der Waals surface area (Å²) >= 11 is 0. The first-order valence-electron chi connectivity index (χ1n) is 6.08. The van der Waals surface area contributed by atoms with Crippen LogP contribution in [0.5, 0.6) is 5.75 Å². The highest BCUT2D eigenvalue weighted by atomic mass is 16.5. The van der Waals surface area contributed by atoms with Gasteiger partial charge in [0, 0.05) is 12.2 Å². The SMILES string of the molecule is CCCNCCOc1ccc(C)nc1CC. The van der Waals surface area contributed by atoms with Crippen molar-refractivity contribution in [2.45, 2.75) is 33.6 Å². The molecular formula is C13H22N2O. The van der Waals surface area contributed by atoms with Crippen molar-refractivity contribution < 1.29 is 4.74 Å². The fourth-order valence-corrected chi connectivity index (χ4v) is 1.52. The van der Waals surface area contributed by atoms with Crippen molar-refractivity contribution in [3.63, 3.8) is 0 Å². The van der Waals surface area contributed by atoms with Gasteiger partial charge in [-0.2, -0.15) is 0 Å². The molecule has 0 saturated heterocycles. The molecule has 0 aliphatic rings. The molecule has 0 saturated carbocycles. The van der Waals surface area contributed by atoms with Gasteiger partial charge in [0.1, 0.15) is 12.4 Å². The van der Waals surface area contributed by atoms with Gasteiger partial charge in [0.05, 0.1) is 5.69 Å². The van der Waals surface area contributed by atoms with E-state index in [0.29, 0.717) is 6.61 Å². The third kappa shape index (κ3) is 4.19. The van der Waals surface area contributed by atoms with Crippen LogP contribution in [0.2, 0.25) is 0 Å². The van der Waals surface area contributed by atoms with Gasteiger partial charge in [0.15, 0.2) is 0 Å². The van der Waals surface area contributed by atoms with Crippen molar-refractivity contribution >= 4 is 0 Å². The van der Waals surface area contributed by atoms with E-state index >= 15 is 0 Å². The second kappa shape index (κ2) is 7.23. The summed E-state index contributed by atoms with van der Waals surface area (Å²) in [6.45, 7) is 8.92. The molecule has 0 radical (unpaired) electrons. The Labute approximate surface area is 98.2 Å². The highest BCUT2D eigenvalue weighted by Gasteiger charge is 2.03. The second-order valence-corrected chi connectivity index (χ2v) is 3.85. The minimum absolute atomic E-state index is 0.706. The summed E-state index contributed by atoms with van der Waals surface area (Å²) < 4.78 is 5.70. The van der Waals surface area contributed by atoms with E-state index in [2.05, 4.69) is 24.1 Å². The van der Waals surface area contributed by atoms with E-state index in [1.807, 2.05) is 19.1 Å². The first-order chi connectivity index (χ1) is 7.77. The number of rotatable bonds is 7. The van der Waals surface area contributed by atoms with Crippen molar-refractivity contribution in [2.24, 2.45) is 0 Å². The van der Waals surface area contributed by atoms with Crippen molar-refractivity contribution in [1.82, 2.24) is 10.3 Å². The topological polar surface area (TPSA) is 34.1 Å². The maximum absolute atomic E-state index is 5.70. The average molecular weight is 222 g/mol. The lowest BCUT2D eigenvalue weighted by Gasteiger charge is -2.10. The van der Waals surface area contributed by atoms with Gasteiger partial charge < -0.3 is 10.1 Å². The molecule has 0 bridgehead atoms. The van der Waals surface area contributed by atoms with E-state index in [-0.39, 0.29) is 0 Å². The number of nitrogens with zero attached hydrogens (tertiary/aromatic N) is 1. The first kappa shape index (κ1) is 13.0. The fraction of sp³-hybridized carbons (Fsp3) is 0.615. The predicted octanol–water partition coefficient (Wildman–Crippen LogP) is 2.33. The molecule has 3 heteroatoms. The summed E-state index contributed by atoms with van der Waals surface area (Å²) in [6.07, 6.45) is 2.08. The van der Waals surface area contributed by atoms with Crippen LogP contribution in [0.15, 0.2) is 12.1 Å². The average Bonchev–Trinajstić information content (AvgIpc) is 2.30. The first-order valence-corrected chi connectivity index (χ1v) is 6.08. The van der Waals surface area contributed by atoms with E-state index in [4.69, 9.17) is 4.74 Å². The number of ether oxygens (including phenoxy) is 1. The molecule has 3 nitrogen and oxygen atoms in total. The lowest BCUT2D eigenvalue weighted by atomic mass is 10.2. The standard InChI is InChI=1S/C13H22N2O/c1-4-8-14-9-10-16-13-7-6-11(3)15-12(13)5-2/h6-7,14H,4-5,8-10H2,1-3H3. The number of nitrogens with one attached hydrogen (secondary N) is 1. The number of aromatic nitrogens is 1. The summed E-state index contributed by atoms with van der Waals surface area (Å²) in [6, 6.07) is 4.01. The highest BCUT2D eigenvalue weighted by Crippen LogP contribution is 2.16. The zero-order valence-electron chi connectivity index (χ0n) is 10.5. The Bertz CT molecular complexity index is 313. The molecule has 0 amide bonds. The lowest BCUT2D eigenvalue weighted by molar-refractivity contribution is 0.309. The van der Waals surface area contributed by atoms with Crippen LogP contribution >= 0.6 is 0 Å². The van der Waals surface area contributed by atoms with Crippen LogP contribution in [0, 0.1) is 6.92 Å². The Kier molecular flexibility index (Phi) is 5.86. The summed E-state index contributed by atoms with van der Waals surface area (Å²) in [5.41, 5.74) is 2.10. The zero-order valence-corrected chi connectivity index (χ0v) is 10.5. The van der Waals surface area contributed by atoms with Crippen LogP contribution in [0.4, 0.5) is 0 Å². The summed E-state index contributed by atoms with van der Waals surface area (Å²) in [7, 11) is 0. The molecule has 0 aliphatic carbocycles. The monoisotopic (exact) mass is 222 g/mol. The third-order valence-corrected chi connectivity index (χ3v) is 2.37. The van der Waals surface area contributed by atoms with Crippen LogP contribution in [0.1, 0.15) is 31.7 Å². The molecule has 0 atom stereocenters. The predicted molar refractivity (Wildman–Crippen MR) is 67.0 cm³/mol. The molecule has 1 heterocycles. The van der Waals surface area contributed by atoms with Crippen molar-refractivity contribution in [1.29, 1.82) is 0 Å².